The Hall–Kier alpha value is -1.55. The lowest BCUT2D eigenvalue weighted by Crippen LogP contribution is -2.52. The Balaban J connectivity index is 2.03. The number of hydrogen-bond donors (Lipinski definition) is 1. The van der Waals surface area contributed by atoms with Crippen LogP contribution < -0.4 is 5.32 Å². The van der Waals surface area contributed by atoms with E-state index in [0.29, 0.717) is 6.04 Å². The van der Waals surface area contributed by atoms with Crippen LogP contribution in [0.4, 0.5) is 5.69 Å². The number of likely N-dealkylation sites (N-methyl/N-ethyl adjacent to an activating group) is 1. The van der Waals surface area contributed by atoms with Crippen LogP contribution >= 0.6 is 0 Å². The van der Waals surface area contributed by atoms with Crippen molar-refractivity contribution >= 4 is 11.6 Å². The smallest absolute Gasteiger partial charge is 0.253 e. The second-order valence-electron chi connectivity index (χ2n) is 5.19. The summed E-state index contributed by atoms with van der Waals surface area (Å²) in [5.41, 5.74) is 1.84. The maximum atomic E-state index is 12.4. The summed E-state index contributed by atoms with van der Waals surface area (Å²) < 4.78 is 0. The Labute approximate surface area is 115 Å². The number of rotatable bonds is 3. The van der Waals surface area contributed by atoms with E-state index in [-0.39, 0.29) is 5.91 Å². The van der Waals surface area contributed by atoms with E-state index in [2.05, 4.69) is 31.1 Å². The van der Waals surface area contributed by atoms with Crippen LogP contribution in [-0.2, 0) is 0 Å². The Bertz CT molecular complexity index is 430. The van der Waals surface area contributed by atoms with Crippen molar-refractivity contribution in [3.05, 3.63) is 29.8 Å². The maximum Gasteiger partial charge on any atom is 0.253 e. The summed E-state index contributed by atoms with van der Waals surface area (Å²) in [7, 11) is 2.11. The molecule has 0 aromatic heterocycles. The number of carbonyl (C=O) groups is 1. The molecule has 1 atom stereocenters. The zero-order valence-electron chi connectivity index (χ0n) is 12.0. The fraction of sp³-hybridized carbons (Fsp3) is 0.533. The molecule has 1 fully saturated rings. The van der Waals surface area contributed by atoms with Gasteiger partial charge in [0.2, 0.25) is 0 Å². The number of benzene rings is 1. The Morgan fingerprint density at radius 1 is 1.32 bits per heavy atom. The molecule has 1 unspecified atom stereocenters. The molecular weight excluding hydrogens is 238 g/mol. The lowest BCUT2D eigenvalue weighted by molar-refractivity contribution is 0.0572. The number of piperazine rings is 1. The average Bonchev–Trinajstić information content (AvgIpc) is 2.42. The van der Waals surface area contributed by atoms with Crippen LogP contribution in [0.5, 0.6) is 0 Å². The second-order valence-corrected chi connectivity index (χ2v) is 5.19. The normalized spacial score (nSPS) is 20.4. The third-order valence-electron chi connectivity index (χ3n) is 3.76. The maximum absolute atomic E-state index is 12.4. The summed E-state index contributed by atoms with van der Waals surface area (Å²) in [5.74, 6) is 0.142. The van der Waals surface area contributed by atoms with Gasteiger partial charge >= 0.3 is 0 Å². The van der Waals surface area contributed by atoms with E-state index >= 15 is 0 Å². The first-order chi connectivity index (χ1) is 9.11. The number of carbonyl (C=O) groups excluding carboxylic acids is 1. The predicted molar refractivity (Wildman–Crippen MR) is 78.6 cm³/mol. The fourth-order valence-corrected chi connectivity index (χ4v) is 2.35. The summed E-state index contributed by atoms with van der Waals surface area (Å²) in [5, 5.41) is 3.23. The third-order valence-corrected chi connectivity index (χ3v) is 3.76. The lowest BCUT2D eigenvalue weighted by Gasteiger charge is -2.37. The average molecular weight is 261 g/mol. The molecule has 0 bridgehead atoms. The zero-order chi connectivity index (χ0) is 13.8. The van der Waals surface area contributed by atoms with Gasteiger partial charge in [-0.05, 0) is 45.2 Å². The number of anilines is 1. The molecule has 0 saturated carbocycles. The van der Waals surface area contributed by atoms with Crippen LogP contribution in [0.3, 0.4) is 0 Å². The minimum Gasteiger partial charge on any atom is -0.385 e. The summed E-state index contributed by atoms with van der Waals surface area (Å²) in [4.78, 5) is 16.6. The summed E-state index contributed by atoms with van der Waals surface area (Å²) >= 11 is 0. The quantitative estimate of drug-likeness (QED) is 0.902. The highest BCUT2D eigenvalue weighted by atomic mass is 16.2. The molecule has 1 aromatic carbocycles. The molecule has 19 heavy (non-hydrogen) atoms. The highest BCUT2D eigenvalue weighted by Gasteiger charge is 2.24. The minimum atomic E-state index is 0.142. The highest BCUT2D eigenvalue weighted by molar-refractivity contribution is 5.94. The highest BCUT2D eigenvalue weighted by Crippen LogP contribution is 2.14. The molecule has 2 rings (SSSR count). The van der Waals surface area contributed by atoms with Crippen LogP contribution in [0.25, 0.3) is 0 Å². The van der Waals surface area contributed by atoms with Gasteiger partial charge in [0, 0.05) is 43.5 Å². The van der Waals surface area contributed by atoms with Crippen molar-refractivity contribution in [2.45, 2.75) is 19.9 Å². The monoisotopic (exact) mass is 261 g/mol. The molecule has 104 valence electrons. The van der Waals surface area contributed by atoms with Crippen molar-refractivity contribution in [1.82, 2.24) is 9.80 Å². The van der Waals surface area contributed by atoms with Gasteiger partial charge in [-0.2, -0.15) is 0 Å². The zero-order valence-corrected chi connectivity index (χ0v) is 12.0. The van der Waals surface area contributed by atoms with E-state index in [1.807, 2.05) is 29.2 Å². The van der Waals surface area contributed by atoms with E-state index in [9.17, 15) is 4.79 Å². The van der Waals surface area contributed by atoms with E-state index in [1.165, 1.54) is 0 Å². The molecule has 1 saturated heterocycles. The van der Waals surface area contributed by atoms with Crippen LogP contribution in [0.2, 0.25) is 0 Å². The van der Waals surface area contributed by atoms with Crippen LogP contribution in [0.15, 0.2) is 24.3 Å². The summed E-state index contributed by atoms with van der Waals surface area (Å²) in [6, 6.07) is 8.18. The molecule has 1 aliphatic rings. The fourth-order valence-electron chi connectivity index (χ4n) is 2.35. The minimum absolute atomic E-state index is 0.142. The Morgan fingerprint density at radius 2 is 2.00 bits per heavy atom. The topological polar surface area (TPSA) is 35.6 Å². The van der Waals surface area contributed by atoms with Gasteiger partial charge in [0.15, 0.2) is 0 Å². The van der Waals surface area contributed by atoms with E-state index < -0.39 is 0 Å². The van der Waals surface area contributed by atoms with Gasteiger partial charge in [0.25, 0.3) is 5.91 Å². The van der Waals surface area contributed by atoms with Gasteiger partial charge in [-0.15, -0.1) is 0 Å². The van der Waals surface area contributed by atoms with Crippen LogP contribution in [0, 0.1) is 0 Å². The number of nitrogens with one attached hydrogen (secondary N) is 1. The first-order valence-electron chi connectivity index (χ1n) is 6.95. The molecule has 1 aliphatic heterocycles. The van der Waals surface area contributed by atoms with E-state index in [1.54, 1.807) is 0 Å². The standard InChI is InChI=1S/C15H23N3O/c1-4-16-14-7-5-13(6-8-14)15(19)18-10-9-17(3)12(2)11-18/h5-8,12,16H,4,9-11H2,1-3H3. The van der Waals surface area contributed by atoms with E-state index in [4.69, 9.17) is 0 Å². The lowest BCUT2D eigenvalue weighted by atomic mass is 10.1. The van der Waals surface area contributed by atoms with Crippen molar-refractivity contribution in [2.24, 2.45) is 0 Å². The van der Waals surface area contributed by atoms with E-state index in [0.717, 1.165) is 37.4 Å². The molecule has 4 nitrogen and oxygen atoms in total. The first-order valence-corrected chi connectivity index (χ1v) is 6.95. The van der Waals surface area contributed by atoms with Crippen LogP contribution in [0.1, 0.15) is 24.2 Å². The summed E-state index contributed by atoms with van der Waals surface area (Å²) in [6.07, 6.45) is 0. The predicted octanol–water partition coefficient (Wildman–Crippen LogP) is 1.89. The van der Waals surface area contributed by atoms with Crippen molar-refractivity contribution in [3.8, 4) is 0 Å². The van der Waals surface area contributed by atoms with Gasteiger partial charge in [0.05, 0.1) is 0 Å². The molecule has 1 amide bonds. The second kappa shape index (κ2) is 6.06. The molecule has 1 heterocycles. The van der Waals surface area contributed by atoms with Crippen molar-refractivity contribution in [3.63, 3.8) is 0 Å². The van der Waals surface area contributed by atoms with Gasteiger partial charge in [0.1, 0.15) is 0 Å². The van der Waals surface area contributed by atoms with Gasteiger partial charge in [-0.1, -0.05) is 0 Å². The van der Waals surface area contributed by atoms with Crippen molar-refractivity contribution in [2.75, 3.05) is 38.5 Å². The molecule has 1 aromatic rings. The molecule has 4 heteroatoms. The molecule has 1 N–H and O–H groups in total. The van der Waals surface area contributed by atoms with Crippen molar-refractivity contribution in [1.29, 1.82) is 0 Å². The van der Waals surface area contributed by atoms with Crippen molar-refractivity contribution < 1.29 is 4.79 Å². The summed E-state index contributed by atoms with van der Waals surface area (Å²) in [6.45, 7) is 7.68. The Kier molecular flexibility index (Phi) is 4.43. The Morgan fingerprint density at radius 3 is 2.58 bits per heavy atom. The first kappa shape index (κ1) is 13.9. The largest absolute Gasteiger partial charge is 0.385 e. The SMILES string of the molecule is CCNc1ccc(C(=O)N2CCN(C)C(C)C2)cc1. The number of hydrogen-bond acceptors (Lipinski definition) is 3. The van der Waals surface area contributed by atoms with Gasteiger partial charge < -0.3 is 15.1 Å². The molecule has 0 radical (unpaired) electrons. The van der Waals surface area contributed by atoms with Gasteiger partial charge in [-0.25, -0.2) is 0 Å². The van der Waals surface area contributed by atoms with Gasteiger partial charge in [-0.3, -0.25) is 4.79 Å². The third kappa shape index (κ3) is 3.26. The molecular formula is C15H23N3O. The molecule has 0 aliphatic carbocycles. The number of amides is 1. The van der Waals surface area contributed by atoms with Crippen LogP contribution in [-0.4, -0.2) is 55.0 Å². The number of nitrogens with zero attached hydrogens (tertiary/aromatic N) is 2. The molecule has 0 spiro atoms.